The van der Waals surface area contributed by atoms with Crippen LogP contribution in [0.4, 0.5) is 0 Å². The molecular weight excluding hydrogens is 673 g/mol. The maximum atomic E-state index is 15.0. The fourth-order valence-corrected chi connectivity index (χ4v) is 8.67. The second-order valence-corrected chi connectivity index (χ2v) is 14.6. The lowest BCUT2D eigenvalue weighted by Crippen LogP contribution is -2.59. The van der Waals surface area contributed by atoms with Crippen molar-refractivity contribution >= 4 is 23.6 Å². The van der Waals surface area contributed by atoms with Crippen LogP contribution in [0.1, 0.15) is 47.2 Å². The summed E-state index contributed by atoms with van der Waals surface area (Å²) in [6.07, 6.45) is 0. The van der Waals surface area contributed by atoms with Gasteiger partial charge in [-0.2, -0.15) is 0 Å². The molecule has 0 radical (unpaired) electrons. The van der Waals surface area contributed by atoms with Gasteiger partial charge in [-0.1, -0.05) is 196 Å². The molecule has 1 amide bonds. The van der Waals surface area contributed by atoms with E-state index in [9.17, 15) is 9.59 Å². The molecule has 0 spiro atoms. The van der Waals surface area contributed by atoms with Crippen molar-refractivity contribution in [1.82, 2.24) is 10.6 Å². The van der Waals surface area contributed by atoms with Crippen molar-refractivity contribution < 1.29 is 14.3 Å². The highest BCUT2D eigenvalue weighted by Gasteiger charge is 2.43. The van der Waals surface area contributed by atoms with Gasteiger partial charge >= 0.3 is 5.97 Å². The predicted octanol–water partition coefficient (Wildman–Crippen LogP) is 8.98. The van der Waals surface area contributed by atoms with Gasteiger partial charge in [-0.05, 0) is 39.3 Å². The Hall–Kier alpha value is -5.43. The maximum absolute atomic E-state index is 15.0. The molecule has 0 bridgehead atoms. The number of benzene rings is 6. The number of amides is 1. The molecule has 53 heavy (non-hydrogen) atoms. The highest BCUT2D eigenvalue weighted by Crippen LogP contribution is 2.49. The topological polar surface area (TPSA) is 67.4 Å². The molecule has 0 fully saturated rings. The minimum absolute atomic E-state index is 0.195. The normalized spacial score (nSPS) is 12.8. The van der Waals surface area contributed by atoms with E-state index in [1.54, 1.807) is 11.8 Å². The number of carbonyl (C=O) groups excluding carboxylic acids is 2. The molecule has 0 saturated heterocycles. The molecule has 0 aliphatic heterocycles. The fraction of sp³-hybridized carbons (Fsp3) is 0.191. The predicted molar refractivity (Wildman–Crippen MR) is 217 cm³/mol. The minimum atomic E-state index is -0.945. The summed E-state index contributed by atoms with van der Waals surface area (Å²) in [4.78, 5) is 28.1. The molecule has 6 heteroatoms. The Morgan fingerprint density at radius 2 is 0.868 bits per heavy atom. The average molecular weight is 719 g/mol. The van der Waals surface area contributed by atoms with Crippen LogP contribution in [0.2, 0.25) is 0 Å². The smallest absolute Gasteiger partial charge is 0.328 e. The number of hydrogen-bond acceptors (Lipinski definition) is 5. The van der Waals surface area contributed by atoms with Crippen LogP contribution in [-0.2, 0) is 24.6 Å². The average Bonchev–Trinajstić information content (AvgIpc) is 3.23. The molecule has 0 unspecified atom stereocenters. The first kappa shape index (κ1) is 37.3. The van der Waals surface area contributed by atoms with Gasteiger partial charge in [0.1, 0.15) is 6.04 Å². The van der Waals surface area contributed by atoms with E-state index in [4.69, 9.17) is 4.74 Å². The molecule has 0 aliphatic rings. The number of rotatable bonds is 15. The quantitative estimate of drug-likeness (QED) is 0.0820. The third-order valence-corrected chi connectivity index (χ3v) is 11.4. The summed E-state index contributed by atoms with van der Waals surface area (Å²) in [7, 11) is 1.36. The molecular formula is C47H46N2O3S. The molecule has 0 aliphatic carbocycles. The number of carbonyl (C=O) groups is 2. The third kappa shape index (κ3) is 7.99. The molecule has 6 aromatic carbocycles. The lowest BCUT2D eigenvalue weighted by molar-refractivity contribution is -0.146. The van der Waals surface area contributed by atoms with Crippen molar-refractivity contribution in [2.24, 2.45) is 5.92 Å². The van der Waals surface area contributed by atoms with Crippen LogP contribution in [0.3, 0.4) is 0 Å². The fourth-order valence-electron chi connectivity index (χ4n) is 7.11. The zero-order valence-electron chi connectivity index (χ0n) is 30.4. The first-order valence-corrected chi connectivity index (χ1v) is 19.0. The molecule has 2 atom stereocenters. The second kappa shape index (κ2) is 17.4. The number of ether oxygens (including phenoxy) is 1. The summed E-state index contributed by atoms with van der Waals surface area (Å²) in [6, 6.07) is 60.5. The highest BCUT2D eigenvalue weighted by molar-refractivity contribution is 8.00. The summed E-state index contributed by atoms with van der Waals surface area (Å²) < 4.78 is 4.49. The van der Waals surface area contributed by atoms with Crippen LogP contribution >= 0.6 is 11.8 Å². The Balaban J connectivity index is 1.55. The SMILES string of the molecule is COC(=O)[C@H](NC(=O)[C@H](CSC(c1ccccc1)(c1ccccc1)c1ccccc1)NC(c1ccccc1)(c1ccccc1)c1ccccc1)C(C)C. The van der Waals surface area contributed by atoms with Crippen molar-refractivity contribution in [3.05, 3.63) is 215 Å². The van der Waals surface area contributed by atoms with Gasteiger partial charge in [0.25, 0.3) is 0 Å². The van der Waals surface area contributed by atoms with Gasteiger partial charge in [0.15, 0.2) is 0 Å². The summed E-state index contributed by atoms with van der Waals surface area (Å²) in [5.74, 6) is -0.631. The maximum Gasteiger partial charge on any atom is 0.328 e. The summed E-state index contributed by atoms with van der Waals surface area (Å²) in [5, 5.41) is 7.07. The van der Waals surface area contributed by atoms with Crippen molar-refractivity contribution in [3.8, 4) is 0 Å². The van der Waals surface area contributed by atoms with Crippen molar-refractivity contribution in [2.45, 2.75) is 36.2 Å². The van der Waals surface area contributed by atoms with E-state index in [0.29, 0.717) is 5.75 Å². The van der Waals surface area contributed by atoms with Gasteiger partial charge in [-0.15, -0.1) is 11.8 Å². The first-order chi connectivity index (χ1) is 25.9. The number of thioether (sulfide) groups is 1. The Morgan fingerprint density at radius 1 is 0.547 bits per heavy atom. The van der Waals surface area contributed by atoms with Gasteiger partial charge in [-0.25, -0.2) is 4.79 Å². The van der Waals surface area contributed by atoms with Gasteiger partial charge in [0.2, 0.25) is 5.91 Å². The Labute approximate surface area is 317 Å². The zero-order chi connectivity index (χ0) is 37.1. The van der Waals surface area contributed by atoms with E-state index in [1.165, 1.54) is 7.11 Å². The number of methoxy groups -OCH3 is 1. The Bertz CT molecular complexity index is 1830. The molecule has 2 N–H and O–H groups in total. The number of nitrogens with one attached hydrogen (secondary N) is 2. The van der Waals surface area contributed by atoms with Crippen LogP contribution in [0.15, 0.2) is 182 Å². The van der Waals surface area contributed by atoms with E-state index in [-0.39, 0.29) is 11.8 Å². The van der Waals surface area contributed by atoms with E-state index in [0.717, 1.165) is 33.4 Å². The van der Waals surface area contributed by atoms with Gasteiger partial charge in [0.05, 0.1) is 23.4 Å². The summed E-state index contributed by atoms with van der Waals surface area (Å²) in [5.41, 5.74) is 5.28. The molecule has 6 aromatic rings. The Morgan fingerprint density at radius 3 is 1.17 bits per heavy atom. The second-order valence-electron chi connectivity index (χ2n) is 13.4. The lowest BCUT2D eigenvalue weighted by atomic mass is 9.76. The highest BCUT2D eigenvalue weighted by atomic mass is 32.2. The van der Waals surface area contributed by atoms with E-state index < -0.39 is 28.3 Å². The van der Waals surface area contributed by atoms with E-state index in [2.05, 4.69) is 120 Å². The molecule has 0 heterocycles. The van der Waals surface area contributed by atoms with Crippen LogP contribution in [0.25, 0.3) is 0 Å². The first-order valence-electron chi connectivity index (χ1n) is 18.0. The number of esters is 1. The number of hydrogen-bond donors (Lipinski definition) is 2. The molecule has 6 rings (SSSR count). The third-order valence-electron chi connectivity index (χ3n) is 9.75. The van der Waals surface area contributed by atoms with Crippen molar-refractivity contribution in [2.75, 3.05) is 12.9 Å². The van der Waals surface area contributed by atoms with Gasteiger partial charge < -0.3 is 10.1 Å². The van der Waals surface area contributed by atoms with Crippen LogP contribution < -0.4 is 10.6 Å². The monoisotopic (exact) mass is 718 g/mol. The zero-order valence-corrected chi connectivity index (χ0v) is 31.2. The van der Waals surface area contributed by atoms with Crippen LogP contribution in [0, 0.1) is 5.92 Å². The van der Waals surface area contributed by atoms with Crippen molar-refractivity contribution in [1.29, 1.82) is 0 Å². The molecule has 0 aromatic heterocycles. The van der Waals surface area contributed by atoms with Crippen LogP contribution in [0.5, 0.6) is 0 Å². The van der Waals surface area contributed by atoms with Crippen LogP contribution in [-0.4, -0.2) is 36.8 Å². The van der Waals surface area contributed by atoms with Gasteiger partial charge in [0, 0.05) is 5.75 Å². The molecule has 5 nitrogen and oxygen atoms in total. The van der Waals surface area contributed by atoms with Crippen molar-refractivity contribution in [3.63, 3.8) is 0 Å². The van der Waals surface area contributed by atoms with Gasteiger partial charge in [-0.3, -0.25) is 10.1 Å². The molecule has 0 saturated carbocycles. The Kier molecular flexibility index (Phi) is 12.2. The summed E-state index contributed by atoms with van der Waals surface area (Å²) >= 11 is 1.70. The minimum Gasteiger partial charge on any atom is -0.467 e. The lowest BCUT2D eigenvalue weighted by Gasteiger charge is -2.41. The summed E-state index contributed by atoms with van der Waals surface area (Å²) in [6.45, 7) is 3.82. The molecule has 268 valence electrons. The standard InChI is InChI=1S/C47H46N2O3S/c1-35(2)43(45(51)52-3)48-44(50)42(49-46(36-22-10-4-11-23-36,37-24-12-5-13-25-37)38-26-14-6-15-27-38)34-53-47(39-28-16-7-17-29-39,40-30-18-8-19-31-40)41-32-20-9-21-33-41/h4-33,35,42-43,49H,34H2,1-3H3,(H,48,50)/t42-,43+/m0/s1. The van der Waals surface area contributed by atoms with E-state index in [1.807, 2.05) is 86.6 Å². The largest absolute Gasteiger partial charge is 0.467 e. The van der Waals surface area contributed by atoms with E-state index >= 15 is 0 Å².